The van der Waals surface area contributed by atoms with E-state index in [-0.39, 0.29) is 5.25 Å². The number of hydrogen-bond acceptors (Lipinski definition) is 5. The lowest BCUT2D eigenvalue weighted by Gasteiger charge is -2.06. The van der Waals surface area contributed by atoms with Crippen LogP contribution in [-0.4, -0.2) is 24.2 Å². The molecule has 0 radical (unpaired) electrons. The maximum atomic E-state index is 12.5. The molecule has 114 valence electrons. The van der Waals surface area contributed by atoms with E-state index in [1.165, 1.54) is 0 Å². The van der Waals surface area contributed by atoms with Crippen LogP contribution in [0.1, 0.15) is 27.8 Å². The Bertz CT molecular complexity index is 782. The van der Waals surface area contributed by atoms with Crippen LogP contribution in [-0.2, 0) is 16.6 Å². The molecule has 7 heteroatoms. The van der Waals surface area contributed by atoms with Gasteiger partial charge >= 0.3 is 0 Å². The van der Waals surface area contributed by atoms with E-state index in [4.69, 9.17) is 0 Å². The predicted molar refractivity (Wildman–Crippen MR) is 88.5 cm³/mol. The molecule has 0 spiro atoms. The van der Waals surface area contributed by atoms with Crippen LogP contribution in [0.4, 0.5) is 0 Å². The Morgan fingerprint density at radius 2 is 2.09 bits per heavy atom. The molecule has 3 aromatic rings. The van der Waals surface area contributed by atoms with Crippen molar-refractivity contribution < 1.29 is 4.21 Å². The van der Waals surface area contributed by atoms with Crippen LogP contribution >= 0.6 is 11.3 Å². The summed E-state index contributed by atoms with van der Waals surface area (Å²) >= 11 is 1.59. The lowest BCUT2D eigenvalue weighted by Crippen LogP contribution is -2.05. The number of hydrogen-bond donors (Lipinski definition) is 0. The molecule has 0 aliphatic heterocycles. The van der Waals surface area contributed by atoms with Gasteiger partial charge in [-0.15, -0.1) is 16.4 Å². The first-order chi connectivity index (χ1) is 10.6. The maximum Gasteiger partial charge on any atom is 0.0984 e. The second-order valence-electron chi connectivity index (χ2n) is 4.94. The Labute approximate surface area is 135 Å². The van der Waals surface area contributed by atoms with Gasteiger partial charge in [-0.25, -0.2) is 9.67 Å². The van der Waals surface area contributed by atoms with E-state index < -0.39 is 10.8 Å². The molecule has 0 amide bonds. The van der Waals surface area contributed by atoms with E-state index in [1.54, 1.807) is 22.2 Å². The van der Waals surface area contributed by atoms with Crippen molar-refractivity contribution in [2.75, 3.05) is 0 Å². The highest BCUT2D eigenvalue weighted by atomic mass is 32.2. The van der Waals surface area contributed by atoms with Gasteiger partial charge in [0.25, 0.3) is 0 Å². The van der Waals surface area contributed by atoms with Crippen molar-refractivity contribution >= 4 is 22.1 Å². The first-order valence-electron chi connectivity index (χ1n) is 6.89. The second kappa shape index (κ2) is 6.50. The fraction of sp³-hybridized carbons (Fsp3) is 0.267. The number of para-hydroxylation sites is 1. The molecule has 0 saturated carbocycles. The van der Waals surface area contributed by atoms with Crippen molar-refractivity contribution in [1.29, 1.82) is 0 Å². The Morgan fingerprint density at radius 3 is 2.77 bits per heavy atom. The molecular weight excluding hydrogens is 316 g/mol. The Morgan fingerprint density at radius 1 is 1.32 bits per heavy atom. The summed E-state index contributed by atoms with van der Waals surface area (Å²) in [5.74, 6) is 0.505. The summed E-state index contributed by atoms with van der Waals surface area (Å²) < 4.78 is 14.2. The van der Waals surface area contributed by atoms with Crippen molar-refractivity contribution in [3.05, 3.63) is 58.3 Å². The Hall–Kier alpha value is -1.86. The van der Waals surface area contributed by atoms with Gasteiger partial charge in [-0.05, 0) is 26.0 Å². The quantitative estimate of drug-likeness (QED) is 0.720. The van der Waals surface area contributed by atoms with Crippen molar-refractivity contribution in [2.24, 2.45) is 0 Å². The number of benzene rings is 1. The third kappa shape index (κ3) is 3.31. The van der Waals surface area contributed by atoms with E-state index >= 15 is 0 Å². The average molecular weight is 332 g/mol. The molecule has 0 N–H and O–H groups in total. The van der Waals surface area contributed by atoms with Gasteiger partial charge in [0.05, 0.1) is 33.6 Å². The normalized spacial score (nSPS) is 13.9. The van der Waals surface area contributed by atoms with E-state index in [1.807, 2.05) is 50.4 Å². The summed E-state index contributed by atoms with van der Waals surface area (Å²) in [5, 5.41) is 9.12. The van der Waals surface area contributed by atoms with Gasteiger partial charge in [0.1, 0.15) is 0 Å². The molecule has 2 heterocycles. The van der Waals surface area contributed by atoms with Crippen molar-refractivity contribution in [3.63, 3.8) is 0 Å². The summed E-state index contributed by atoms with van der Waals surface area (Å²) in [6.45, 7) is 3.87. The zero-order valence-corrected chi connectivity index (χ0v) is 14.0. The van der Waals surface area contributed by atoms with Gasteiger partial charge in [0.15, 0.2) is 0 Å². The molecular formula is C15H16N4OS2. The zero-order chi connectivity index (χ0) is 15.5. The minimum atomic E-state index is -1.04. The highest BCUT2D eigenvalue weighted by Crippen LogP contribution is 2.23. The lowest BCUT2D eigenvalue weighted by molar-refractivity contribution is 0.674. The smallest absolute Gasteiger partial charge is 0.0984 e. The fourth-order valence-corrected chi connectivity index (χ4v) is 4.20. The fourth-order valence-electron chi connectivity index (χ4n) is 2.04. The number of thiazole rings is 1. The molecule has 5 nitrogen and oxygen atoms in total. The predicted octanol–water partition coefficient (Wildman–Crippen LogP) is 3.04. The maximum absolute atomic E-state index is 12.5. The molecule has 0 aliphatic rings. The number of rotatable bonds is 5. The van der Waals surface area contributed by atoms with Gasteiger partial charge in [-0.3, -0.25) is 4.21 Å². The molecule has 1 aromatic carbocycles. The zero-order valence-electron chi connectivity index (χ0n) is 12.3. The first kappa shape index (κ1) is 15.1. The Balaban J connectivity index is 1.73. The average Bonchev–Trinajstić information content (AvgIpc) is 3.17. The van der Waals surface area contributed by atoms with Crippen LogP contribution in [0.5, 0.6) is 0 Å². The van der Waals surface area contributed by atoms with E-state index in [2.05, 4.69) is 15.3 Å². The minimum absolute atomic E-state index is 0.167. The van der Waals surface area contributed by atoms with Gasteiger partial charge in [-0.2, -0.15) is 0 Å². The van der Waals surface area contributed by atoms with E-state index in [0.29, 0.717) is 5.75 Å². The molecule has 2 aromatic heterocycles. The van der Waals surface area contributed by atoms with Gasteiger partial charge in [-0.1, -0.05) is 23.4 Å². The van der Waals surface area contributed by atoms with Crippen molar-refractivity contribution in [1.82, 2.24) is 20.0 Å². The largest absolute Gasteiger partial charge is 0.259 e. The molecule has 0 bridgehead atoms. The van der Waals surface area contributed by atoms with Crippen LogP contribution in [0.3, 0.4) is 0 Å². The van der Waals surface area contributed by atoms with Crippen LogP contribution < -0.4 is 0 Å². The standard InChI is InChI=1S/C15H16N4OS2/c1-11(22(20)10-14-8-16-12(2)21-14)15-9-19(18-17-15)13-6-4-3-5-7-13/h3-9,11H,10H2,1-2H3/t11-,22-/m1/s1. The van der Waals surface area contributed by atoms with Crippen LogP contribution in [0.25, 0.3) is 5.69 Å². The van der Waals surface area contributed by atoms with E-state index in [0.717, 1.165) is 21.3 Å². The monoisotopic (exact) mass is 332 g/mol. The van der Waals surface area contributed by atoms with Crippen molar-refractivity contribution in [2.45, 2.75) is 24.9 Å². The molecule has 0 fully saturated rings. The third-order valence-corrected chi connectivity index (χ3v) is 6.02. The first-order valence-corrected chi connectivity index (χ1v) is 9.09. The summed E-state index contributed by atoms with van der Waals surface area (Å²) in [6.07, 6.45) is 3.64. The van der Waals surface area contributed by atoms with Crippen molar-refractivity contribution in [3.8, 4) is 5.69 Å². The van der Waals surface area contributed by atoms with E-state index in [9.17, 15) is 4.21 Å². The van der Waals surface area contributed by atoms with Gasteiger partial charge < -0.3 is 0 Å². The van der Waals surface area contributed by atoms with Crippen LogP contribution in [0.2, 0.25) is 0 Å². The summed E-state index contributed by atoms with van der Waals surface area (Å²) in [7, 11) is -1.04. The van der Waals surface area contributed by atoms with Crippen LogP contribution in [0, 0.1) is 6.92 Å². The SMILES string of the molecule is Cc1ncc(C[S@@](=O)[C@H](C)c2cn(-c3ccccc3)nn2)s1. The molecule has 0 saturated heterocycles. The summed E-state index contributed by atoms with van der Waals surface area (Å²) in [6, 6.07) is 9.77. The third-order valence-electron chi connectivity index (χ3n) is 3.30. The minimum Gasteiger partial charge on any atom is -0.259 e. The Kier molecular flexibility index (Phi) is 4.44. The van der Waals surface area contributed by atoms with Gasteiger partial charge in [0, 0.05) is 21.9 Å². The summed E-state index contributed by atoms with van der Waals surface area (Å²) in [5.41, 5.74) is 1.68. The lowest BCUT2D eigenvalue weighted by atomic mass is 10.3. The van der Waals surface area contributed by atoms with Gasteiger partial charge in [0.2, 0.25) is 0 Å². The molecule has 0 aliphatic carbocycles. The molecule has 22 heavy (non-hydrogen) atoms. The highest BCUT2D eigenvalue weighted by Gasteiger charge is 2.18. The number of aromatic nitrogens is 4. The van der Waals surface area contributed by atoms with Crippen LogP contribution in [0.15, 0.2) is 42.7 Å². The molecule has 3 rings (SSSR count). The molecule has 0 unspecified atom stereocenters. The summed E-state index contributed by atoms with van der Waals surface area (Å²) in [4.78, 5) is 5.24. The highest BCUT2D eigenvalue weighted by molar-refractivity contribution is 7.84. The second-order valence-corrected chi connectivity index (χ2v) is 8.01. The number of aryl methyl sites for hydroxylation is 1. The number of nitrogens with zero attached hydrogens (tertiary/aromatic N) is 4. The topological polar surface area (TPSA) is 60.7 Å². The molecule has 2 atom stereocenters.